The highest BCUT2D eigenvalue weighted by Crippen LogP contribution is 2.27. The molecule has 128 valence electrons. The van der Waals surface area contributed by atoms with E-state index in [2.05, 4.69) is 15.1 Å². The number of benzene rings is 1. The molecule has 2 heterocycles. The van der Waals surface area contributed by atoms with E-state index in [1.54, 1.807) is 24.3 Å². The first kappa shape index (κ1) is 16.6. The van der Waals surface area contributed by atoms with Gasteiger partial charge in [0, 0.05) is 30.3 Å². The number of likely N-dealkylation sites (tertiary alicyclic amines) is 1. The zero-order chi connectivity index (χ0) is 17.1. The number of aliphatic hydroxyl groups is 1. The number of primary amides is 1. The third-order valence-electron chi connectivity index (χ3n) is 4.49. The summed E-state index contributed by atoms with van der Waals surface area (Å²) in [5.74, 6) is -0.759. The Morgan fingerprint density at radius 1 is 1.50 bits per heavy atom. The third-order valence-corrected chi connectivity index (χ3v) is 4.49. The Balaban J connectivity index is 1.65. The molecule has 1 amide bonds. The van der Waals surface area contributed by atoms with Crippen molar-refractivity contribution < 1.29 is 14.3 Å². The van der Waals surface area contributed by atoms with Gasteiger partial charge in [-0.05, 0) is 31.5 Å². The van der Waals surface area contributed by atoms with E-state index >= 15 is 0 Å². The van der Waals surface area contributed by atoms with Crippen LogP contribution in [0, 0.1) is 5.82 Å². The number of aromatic amines is 1. The summed E-state index contributed by atoms with van der Waals surface area (Å²) < 4.78 is 13.8. The van der Waals surface area contributed by atoms with Crippen molar-refractivity contribution in [2.75, 3.05) is 19.6 Å². The predicted molar refractivity (Wildman–Crippen MR) is 86.9 cm³/mol. The molecule has 1 aromatic heterocycles. The minimum Gasteiger partial charge on any atom is -0.387 e. The van der Waals surface area contributed by atoms with Crippen molar-refractivity contribution >= 4 is 5.91 Å². The number of H-pyrrole nitrogens is 1. The molecule has 1 aromatic carbocycles. The second kappa shape index (κ2) is 7.11. The van der Waals surface area contributed by atoms with Crippen molar-refractivity contribution in [2.45, 2.75) is 24.9 Å². The average molecular weight is 332 g/mol. The molecule has 1 aliphatic rings. The number of carbonyl (C=O) groups is 1. The molecule has 0 spiro atoms. The number of nitrogens with two attached hydrogens (primary N) is 1. The molecule has 24 heavy (non-hydrogen) atoms. The van der Waals surface area contributed by atoms with Crippen LogP contribution in [0.15, 0.2) is 30.3 Å². The van der Waals surface area contributed by atoms with Gasteiger partial charge in [0.1, 0.15) is 11.5 Å². The maximum absolute atomic E-state index is 13.8. The molecular formula is C17H21FN4O2. The van der Waals surface area contributed by atoms with E-state index in [-0.39, 0.29) is 11.6 Å². The fraction of sp³-hybridized carbons (Fsp3) is 0.412. The van der Waals surface area contributed by atoms with Crippen LogP contribution in [-0.2, 0) is 0 Å². The van der Waals surface area contributed by atoms with E-state index in [0.29, 0.717) is 18.7 Å². The van der Waals surface area contributed by atoms with Crippen LogP contribution < -0.4 is 5.73 Å². The topological polar surface area (TPSA) is 95.2 Å². The highest BCUT2D eigenvalue weighted by molar-refractivity contribution is 5.90. The van der Waals surface area contributed by atoms with Gasteiger partial charge in [-0.15, -0.1) is 0 Å². The zero-order valence-corrected chi connectivity index (χ0v) is 13.3. The summed E-state index contributed by atoms with van der Waals surface area (Å²) in [6, 6.07) is 7.97. The number of rotatable bonds is 5. The molecule has 1 saturated heterocycles. The van der Waals surface area contributed by atoms with Crippen molar-refractivity contribution in [3.05, 3.63) is 53.1 Å². The van der Waals surface area contributed by atoms with Gasteiger partial charge in [0.15, 0.2) is 0 Å². The lowest BCUT2D eigenvalue weighted by Crippen LogP contribution is -2.37. The Morgan fingerprint density at radius 2 is 2.29 bits per heavy atom. The maximum Gasteiger partial charge on any atom is 0.269 e. The van der Waals surface area contributed by atoms with Gasteiger partial charge in [0.2, 0.25) is 0 Å². The van der Waals surface area contributed by atoms with Crippen molar-refractivity contribution in [1.29, 1.82) is 0 Å². The first-order chi connectivity index (χ1) is 11.5. The van der Waals surface area contributed by atoms with E-state index in [0.717, 1.165) is 25.1 Å². The van der Waals surface area contributed by atoms with Crippen LogP contribution in [0.1, 0.15) is 46.6 Å². The van der Waals surface area contributed by atoms with Crippen molar-refractivity contribution in [3.63, 3.8) is 0 Å². The molecule has 1 fully saturated rings. The first-order valence-electron chi connectivity index (χ1n) is 8.04. The standard InChI is InChI=1S/C17H21FN4O2/c18-13-6-2-1-5-12(13)16(23)10-22-7-3-4-11(9-22)14-8-15(17(19)24)21-20-14/h1-2,5-6,8,11,16,23H,3-4,7,9-10H2,(H2,19,24)(H,20,21)/t11-,16+/m0/s1. The van der Waals surface area contributed by atoms with Crippen molar-refractivity contribution in [2.24, 2.45) is 5.73 Å². The lowest BCUT2D eigenvalue weighted by molar-refractivity contribution is 0.0926. The second-order valence-corrected chi connectivity index (χ2v) is 6.21. The minimum atomic E-state index is -0.868. The molecule has 1 aliphatic heterocycles. The van der Waals surface area contributed by atoms with Crippen LogP contribution in [0.4, 0.5) is 4.39 Å². The second-order valence-electron chi connectivity index (χ2n) is 6.21. The fourth-order valence-corrected chi connectivity index (χ4v) is 3.24. The number of aromatic nitrogens is 2. The van der Waals surface area contributed by atoms with Crippen molar-refractivity contribution in [3.8, 4) is 0 Å². The number of β-amino-alcohol motifs (C(OH)–C–C–N with tert-alkyl or cyclic N) is 1. The summed E-state index contributed by atoms with van der Waals surface area (Å²) >= 11 is 0. The highest BCUT2D eigenvalue weighted by Gasteiger charge is 2.25. The molecule has 2 atom stereocenters. The Hall–Kier alpha value is -2.25. The molecule has 3 rings (SSSR count). The zero-order valence-electron chi connectivity index (χ0n) is 13.3. The Bertz CT molecular complexity index is 718. The fourth-order valence-electron chi connectivity index (χ4n) is 3.24. The van der Waals surface area contributed by atoms with Crippen LogP contribution in [0.2, 0.25) is 0 Å². The van der Waals surface area contributed by atoms with Gasteiger partial charge in [-0.3, -0.25) is 14.8 Å². The molecule has 4 N–H and O–H groups in total. The number of nitrogens with zero attached hydrogens (tertiary/aromatic N) is 2. The van der Waals surface area contributed by atoms with E-state index < -0.39 is 17.8 Å². The van der Waals surface area contributed by atoms with Gasteiger partial charge in [-0.25, -0.2) is 4.39 Å². The van der Waals surface area contributed by atoms with Gasteiger partial charge < -0.3 is 10.8 Å². The van der Waals surface area contributed by atoms with Crippen LogP contribution >= 0.6 is 0 Å². The number of piperidine rings is 1. The Labute approximate surface area is 139 Å². The largest absolute Gasteiger partial charge is 0.387 e. The van der Waals surface area contributed by atoms with Gasteiger partial charge in [0.05, 0.1) is 6.10 Å². The summed E-state index contributed by atoms with van der Waals surface area (Å²) in [6.07, 6.45) is 1.06. The SMILES string of the molecule is NC(=O)c1cc([C@H]2CCCN(C[C@@H](O)c3ccccc3F)C2)[nH]n1. The Kier molecular flexibility index (Phi) is 4.92. The molecule has 0 bridgehead atoms. The third kappa shape index (κ3) is 3.63. The van der Waals surface area contributed by atoms with Gasteiger partial charge >= 0.3 is 0 Å². The van der Waals surface area contributed by atoms with Crippen molar-refractivity contribution in [1.82, 2.24) is 15.1 Å². The van der Waals surface area contributed by atoms with Crippen LogP contribution in [0.25, 0.3) is 0 Å². The lowest BCUT2D eigenvalue weighted by atomic mass is 9.94. The molecule has 0 saturated carbocycles. The molecule has 6 nitrogen and oxygen atoms in total. The molecule has 2 aromatic rings. The summed E-state index contributed by atoms with van der Waals surface area (Å²) in [7, 11) is 0. The van der Waals surface area contributed by atoms with Gasteiger partial charge in [-0.1, -0.05) is 18.2 Å². The average Bonchev–Trinajstić information content (AvgIpc) is 3.06. The monoisotopic (exact) mass is 332 g/mol. The van der Waals surface area contributed by atoms with E-state index in [4.69, 9.17) is 5.73 Å². The quantitative estimate of drug-likeness (QED) is 0.774. The van der Waals surface area contributed by atoms with Crippen LogP contribution in [-0.4, -0.2) is 45.7 Å². The summed E-state index contributed by atoms with van der Waals surface area (Å²) in [5, 5.41) is 17.1. The van der Waals surface area contributed by atoms with E-state index in [9.17, 15) is 14.3 Å². The number of hydrogen-bond acceptors (Lipinski definition) is 4. The molecule has 0 unspecified atom stereocenters. The van der Waals surface area contributed by atoms with Gasteiger partial charge in [-0.2, -0.15) is 5.10 Å². The summed E-state index contributed by atoms with van der Waals surface area (Å²) in [5.41, 5.74) is 6.64. The highest BCUT2D eigenvalue weighted by atomic mass is 19.1. The summed E-state index contributed by atoms with van der Waals surface area (Å²) in [4.78, 5) is 13.3. The number of carbonyl (C=O) groups excluding carboxylic acids is 1. The first-order valence-corrected chi connectivity index (χ1v) is 8.04. The number of nitrogens with one attached hydrogen (secondary N) is 1. The number of hydrogen-bond donors (Lipinski definition) is 3. The Morgan fingerprint density at radius 3 is 3.00 bits per heavy atom. The van der Waals surface area contributed by atoms with E-state index in [1.807, 2.05) is 0 Å². The molecular weight excluding hydrogens is 311 g/mol. The summed E-state index contributed by atoms with van der Waals surface area (Å²) in [6.45, 7) is 1.93. The smallest absolute Gasteiger partial charge is 0.269 e. The maximum atomic E-state index is 13.8. The predicted octanol–water partition coefficient (Wildman–Crippen LogP) is 1.56. The lowest BCUT2D eigenvalue weighted by Gasteiger charge is -2.33. The molecule has 0 aliphatic carbocycles. The number of amides is 1. The van der Waals surface area contributed by atoms with Crippen LogP contribution in [0.3, 0.4) is 0 Å². The van der Waals surface area contributed by atoms with Gasteiger partial charge in [0.25, 0.3) is 5.91 Å². The number of aliphatic hydroxyl groups excluding tert-OH is 1. The number of halogens is 1. The van der Waals surface area contributed by atoms with E-state index in [1.165, 1.54) is 6.07 Å². The normalized spacial score (nSPS) is 20.0. The minimum absolute atomic E-state index is 0.187. The molecule has 7 heteroatoms. The molecule has 0 radical (unpaired) electrons. The van der Waals surface area contributed by atoms with Crippen LogP contribution in [0.5, 0.6) is 0 Å².